The van der Waals surface area contributed by atoms with Gasteiger partial charge in [0.15, 0.2) is 0 Å². The van der Waals surface area contributed by atoms with Crippen LogP contribution in [-0.2, 0) is 0 Å². The van der Waals surface area contributed by atoms with Crippen molar-refractivity contribution in [2.24, 2.45) is 11.8 Å². The standard InChI is InChI=1S/C15H30N2/c1-4-16-12(2)13(3)17-10-9-14-7-5-6-8-15(14)11-17/h12-16H,4-11H2,1-3H3. The van der Waals surface area contributed by atoms with E-state index in [1.807, 2.05) is 0 Å². The summed E-state index contributed by atoms with van der Waals surface area (Å²) in [5.41, 5.74) is 0. The molecule has 0 radical (unpaired) electrons. The summed E-state index contributed by atoms with van der Waals surface area (Å²) in [6.07, 6.45) is 7.42. The second kappa shape index (κ2) is 6.19. The highest BCUT2D eigenvalue weighted by Gasteiger charge is 2.33. The van der Waals surface area contributed by atoms with Gasteiger partial charge >= 0.3 is 0 Å². The van der Waals surface area contributed by atoms with Gasteiger partial charge in [-0.15, -0.1) is 0 Å². The molecule has 100 valence electrons. The summed E-state index contributed by atoms with van der Waals surface area (Å²) < 4.78 is 0. The van der Waals surface area contributed by atoms with E-state index in [4.69, 9.17) is 0 Å². The van der Waals surface area contributed by atoms with Gasteiger partial charge < -0.3 is 5.32 Å². The van der Waals surface area contributed by atoms with Crippen molar-refractivity contribution < 1.29 is 0 Å². The molecule has 17 heavy (non-hydrogen) atoms. The van der Waals surface area contributed by atoms with Crippen molar-refractivity contribution in [2.45, 2.75) is 65.0 Å². The van der Waals surface area contributed by atoms with Crippen molar-refractivity contribution in [1.82, 2.24) is 10.2 Å². The van der Waals surface area contributed by atoms with Gasteiger partial charge in [0, 0.05) is 18.6 Å². The molecule has 2 fully saturated rings. The zero-order valence-corrected chi connectivity index (χ0v) is 11.9. The summed E-state index contributed by atoms with van der Waals surface area (Å²) >= 11 is 0. The van der Waals surface area contributed by atoms with Crippen molar-refractivity contribution >= 4 is 0 Å². The molecule has 0 spiro atoms. The Bertz CT molecular complexity index is 229. The van der Waals surface area contributed by atoms with Crippen molar-refractivity contribution in [3.63, 3.8) is 0 Å². The van der Waals surface area contributed by atoms with Crippen LogP contribution in [0.3, 0.4) is 0 Å². The van der Waals surface area contributed by atoms with E-state index in [2.05, 4.69) is 31.0 Å². The van der Waals surface area contributed by atoms with E-state index in [1.165, 1.54) is 45.2 Å². The largest absolute Gasteiger partial charge is 0.313 e. The molecule has 0 bridgehead atoms. The topological polar surface area (TPSA) is 15.3 Å². The quantitative estimate of drug-likeness (QED) is 0.810. The number of piperidine rings is 1. The lowest BCUT2D eigenvalue weighted by molar-refractivity contribution is 0.0518. The van der Waals surface area contributed by atoms with E-state index in [0.717, 1.165) is 18.4 Å². The molecule has 2 nitrogen and oxygen atoms in total. The molecule has 0 aromatic heterocycles. The van der Waals surface area contributed by atoms with Gasteiger partial charge in [0.1, 0.15) is 0 Å². The molecule has 4 atom stereocenters. The fourth-order valence-corrected chi connectivity index (χ4v) is 3.81. The molecule has 1 aliphatic heterocycles. The fraction of sp³-hybridized carbons (Fsp3) is 1.00. The summed E-state index contributed by atoms with van der Waals surface area (Å²) in [4.78, 5) is 2.74. The number of likely N-dealkylation sites (N-methyl/N-ethyl adjacent to an activating group) is 1. The Balaban J connectivity index is 1.86. The summed E-state index contributed by atoms with van der Waals surface area (Å²) in [6.45, 7) is 10.7. The van der Waals surface area contributed by atoms with E-state index in [1.54, 1.807) is 0 Å². The van der Waals surface area contributed by atoms with Gasteiger partial charge in [0.25, 0.3) is 0 Å². The molecule has 4 unspecified atom stereocenters. The normalized spacial score (nSPS) is 34.1. The Morgan fingerprint density at radius 1 is 1.12 bits per heavy atom. The maximum Gasteiger partial charge on any atom is 0.0218 e. The van der Waals surface area contributed by atoms with Crippen LogP contribution in [0.15, 0.2) is 0 Å². The number of rotatable bonds is 4. The van der Waals surface area contributed by atoms with E-state index >= 15 is 0 Å². The minimum atomic E-state index is 0.625. The predicted molar refractivity (Wildman–Crippen MR) is 74.2 cm³/mol. The molecule has 0 aromatic rings. The third-order valence-corrected chi connectivity index (χ3v) is 5.15. The zero-order chi connectivity index (χ0) is 12.3. The van der Waals surface area contributed by atoms with Crippen LogP contribution >= 0.6 is 0 Å². The van der Waals surface area contributed by atoms with Crippen LogP contribution in [0.5, 0.6) is 0 Å². The smallest absolute Gasteiger partial charge is 0.0218 e. The minimum absolute atomic E-state index is 0.625. The highest BCUT2D eigenvalue weighted by Crippen LogP contribution is 2.36. The lowest BCUT2D eigenvalue weighted by atomic mass is 9.75. The van der Waals surface area contributed by atoms with Crippen LogP contribution in [0.1, 0.15) is 52.9 Å². The molecular weight excluding hydrogens is 208 g/mol. The van der Waals surface area contributed by atoms with Gasteiger partial charge in [-0.2, -0.15) is 0 Å². The average Bonchev–Trinajstić information content (AvgIpc) is 2.37. The highest BCUT2D eigenvalue weighted by molar-refractivity contribution is 4.87. The first kappa shape index (κ1) is 13.4. The third kappa shape index (κ3) is 3.23. The van der Waals surface area contributed by atoms with Crippen molar-refractivity contribution in [3.8, 4) is 0 Å². The molecule has 1 N–H and O–H groups in total. The van der Waals surface area contributed by atoms with E-state index in [0.29, 0.717) is 12.1 Å². The lowest BCUT2D eigenvalue weighted by Crippen LogP contribution is -2.52. The first-order chi connectivity index (χ1) is 8.22. The van der Waals surface area contributed by atoms with Crippen LogP contribution in [-0.4, -0.2) is 36.6 Å². The zero-order valence-electron chi connectivity index (χ0n) is 11.9. The number of nitrogens with zero attached hydrogens (tertiary/aromatic N) is 1. The molecular formula is C15H30N2. The van der Waals surface area contributed by atoms with Crippen molar-refractivity contribution in [1.29, 1.82) is 0 Å². The number of likely N-dealkylation sites (tertiary alicyclic amines) is 1. The second-order valence-electron chi connectivity index (χ2n) is 6.18. The van der Waals surface area contributed by atoms with Gasteiger partial charge in [0.2, 0.25) is 0 Å². The summed E-state index contributed by atoms with van der Waals surface area (Å²) in [5.74, 6) is 2.07. The van der Waals surface area contributed by atoms with Crippen molar-refractivity contribution in [2.75, 3.05) is 19.6 Å². The highest BCUT2D eigenvalue weighted by atomic mass is 15.2. The Hall–Kier alpha value is -0.0800. The number of fused-ring (bicyclic) bond motifs is 1. The van der Waals surface area contributed by atoms with Gasteiger partial charge in [-0.3, -0.25) is 4.90 Å². The molecule has 2 aliphatic rings. The Kier molecular flexibility index (Phi) is 4.87. The van der Waals surface area contributed by atoms with Gasteiger partial charge in [0.05, 0.1) is 0 Å². The SMILES string of the molecule is CCNC(C)C(C)N1CCC2CCCCC2C1. The van der Waals surface area contributed by atoms with Crippen LogP contribution in [0, 0.1) is 11.8 Å². The Morgan fingerprint density at radius 2 is 1.82 bits per heavy atom. The van der Waals surface area contributed by atoms with Gasteiger partial charge in [-0.25, -0.2) is 0 Å². The van der Waals surface area contributed by atoms with Crippen LogP contribution in [0.25, 0.3) is 0 Å². The van der Waals surface area contributed by atoms with Gasteiger partial charge in [-0.1, -0.05) is 26.2 Å². The van der Waals surface area contributed by atoms with Gasteiger partial charge in [-0.05, 0) is 51.6 Å². The maximum atomic E-state index is 3.57. The van der Waals surface area contributed by atoms with E-state index in [-0.39, 0.29) is 0 Å². The average molecular weight is 238 g/mol. The first-order valence-corrected chi connectivity index (χ1v) is 7.69. The van der Waals surface area contributed by atoms with Crippen LogP contribution < -0.4 is 5.32 Å². The number of hydrogen-bond acceptors (Lipinski definition) is 2. The summed E-state index contributed by atoms with van der Waals surface area (Å²) in [6, 6.07) is 1.32. The Morgan fingerprint density at radius 3 is 2.53 bits per heavy atom. The van der Waals surface area contributed by atoms with E-state index < -0.39 is 0 Å². The summed E-state index contributed by atoms with van der Waals surface area (Å²) in [7, 11) is 0. The second-order valence-corrected chi connectivity index (χ2v) is 6.18. The van der Waals surface area contributed by atoms with Crippen LogP contribution in [0.4, 0.5) is 0 Å². The fourth-order valence-electron chi connectivity index (χ4n) is 3.81. The molecule has 1 saturated carbocycles. The van der Waals surface area contributed by atoms with E-state index in [9.17, 15) is 0 Å². The molecule has 1 heterocycles. The molecule has 2 heteroatoms. The van der Waals surface area contributed by atoms with Crippen LogP contribution in [0.2, 0.25) is 0 Å². The maximum absolute atomic E-state index is 3.57. The number of nitrogens with one attached hydrogen (secondary N) is 1. The lowest BCUT2D eigenvalue weighted by Gasteiger charge is -2.45. The van der Waals surface area contributed by atoms with Crippen molar-refractivity contribution in [3.05, 3.63) is 0 Å². The molecule has 0 amide bonds. The minimum Gasteiger partial charge on any atom is -0.313 e. The third-order valence-electron chi connectivity index (χ3n) is 5.15. The summed E-state index contributed by atoms with van der Waals surface area (Å²) in [5, 5.41) is 3.57. The number of hydrogen-bond donors (Lipinski definition) is 1. The first-order valence-electron chi connectivity index (χ1n) is 7.69. The monoisotopic (exact) mass is 238 g/mol. The predicted octanol–water partition coefficient (Wildman–Crippen LogP) is 2.89. The Labute approximate surface area is 107 Å². The molecule has 2 rings (SSSR count). The molecule has 1 aliphatic carbocycles. The molecule has 1 saturated heterocycles. The molecule has 0 aromatic carbocycles.